The average Bonchev–Trinajstić information content (AvgIpc) is 3.30. The van der Waals surface area contributed by atoms with E-state index in [0.29, 0.717) is 0 Å². The molecule has 0 aliphatic carbocycles. The van der Waals surface area contributed by atoms with Gasteiger partial charge in [0.05, 0.1) is 16.8 Å². The molecule has 0 N–H and O–H groups in total. The fraction of sp³-hybridized carbons (Fsp3) is 1.00. The summed E-state index contributed by atoms with van der Waals surface area (Å²) in [5, 5.41) is 0. The summed E-state index contributed by atoms with van der Waals surface area (Å²) in [4.78, 5) is 0. The molecule has 0 aromatic carbocycles. The summed E-state index contributed by atoms with van der Waals surface area (Å²) >= 11 is 0. The first kappa shape index (κ1) is 65.1. The van der Waals surface area contributed by atoms with E-state index in [1.54, 1.807) is 0 Å². The zero-order valence-electron chi connectivity index (χ0n) is 46.5. The van der Waals surface area contributed by atoms with Crippen LogP contribution in [0.25, 0.3) is 0 Å². The topological polar surface area (TPSA) is 44.8 Å². The lowest BCUT2D eigenvalue weighted by Crippen LogP contribution is -2.40. The Kier molecular flexibility index (Phi) is 45.3. The number of hydrogen-bond donors (Lipinski definition) is 0. The lowest BCUT2D eigenvalue weighted by Gasteiger charge is -2.45. The van der Waals surface area contributed by atoms with Crippen LogP contribution >= 0.6 is 7.82 Å². The molecule has 0 amide bonds. The third-order valence-corrected chi connectivity index (χ3v) is 16.9. The van der Waals surface area contributed by atoms with Crippen LogP contribution in [0.3, 0.4) is 0 Å². The summed E-state index contributed by atoms with van der Waals surface area (Å²) in [5.41, 5.74) is -1.46. The smallest absolute Gasteiger partial charge is 0.280 e. The molecule has 0 heterocycles. The fourth-order valence-corrected chi connectivity index (χ4v) is 12.9. The molecular formula is C60H123O4P. The molecule has 0 fully saturated rings. The van der Waals surface area contributed by atoms with E-state index in [-0.39, 0.29) is 0 Å². The summed E-state index contributed by atoms with van der Waals surface area (Å²) in [6, 6.07) is 0. The van der Waals surface area contributed by atoms with Gasteiger partial charge in [-0.05, 0) is 57.8 Å². The second-order valence-corrected chi connectivity index (χ2v) is 23.1. The van der Waals surface area contributed by atoms with Crippen molar-refractivity contribution in [2.24, 2.45) is 0 Å². The van der Waals surface area contributed by atoms with Crippen molar-refractivity contribution in [3.8, 4) is 0 Å². The predicted octanol–water partition coefficient (Wildman–Crippen LogP) is 23.3. The maximum absolute atomic E-state index is 16.8. The van der Waals surface area contributed by atoms with Gasteiger partial charge in [-0.25, -0.2) is 4.57 Å². The van der Waals surface area contributed by atoms with Crippen molar-refractivity contribution in [2.45, 2.75) is 387 Å². The Morgan fingerprint density at radius 1 is 0.215 bits per heavy atom. The second kappa shape index (κ2) is 45.3. The van der Waals surface area contributed by atoms with E-state index in [4.69, 9.17) is 13.6 Å². The Hall–Kier alpha value is 0.110. The number of rotatable bonds is 54. The highest BCUT2D eigenvalue weighted by molar-refractivity contribution is 7.48. The molecule has 0 aliphatic heterocycles. The molecule has 5 heteroatoms. The minimum absolute atomic E-state index is 0.485. The van der Waals surface area contributed by atoms with Gasteiger partial charge in [0.1, 0.15) is 0 Å². The normalized spacial score (nSPS) is 12.8. The van der Waals surface area contributed by atoms with Gasteiger partial charge in [0, 0.05) is 0 Å². The molecule has 0 aromatic rings. The van der Waals surface area contributed by atoms with E-state index in [9.17, 15) is 0 Å². The molecule has 0 atom stereocenters. The van der Waals surface area contributed by atoms with E-state index < -0.39 is 24.6 Å². The van der Waals surface area contributed by atoms with Crippen molar-refractivity contribution in [3.63, 3.8) is 0 Å². The van der Waals surface area contributed by atoms with Crippen LogP contribution in [0.5, 0.6) is 0 Å². The number of phosphoric ester groups is 1. The van der Waals surface area contributed by atoms with Crippen LogP contribution < -0.4 is 0 Å². The van der Waals surface area contributed by atoms with Crippen LogP contribution in [-0.2, 0) is 18.1 Å². The highest BCUT2D eigenvalue weighted by Crippen LogP contribution is 2.63. The van der Waals surface area contributed by atoms with Gasteiger partial charge in [0.15, 0.2) is 0 Å². The second-order valence-electron chi connectivity index (χ2n) is 21.6. The molecule has 0 saturated carbocycles. The third kappa shape index (κ3) is 35.0. The van der Waals surface area contributed by atoms with E-state index in [1.165, 1.54) is 154 Å². The van der Waals surface area contributed by atoms with Gasteiger partial charge in [-0.3, -0.25) is 13.6 Å². The minimum Gasteiger partial charge on any atom is -0.280 e. The highest BCUT2D eigenvalue weighted by Gasteiger charge is 2.50. The van der Waals surface area contributed by atoms with Crippen molar-refractivity contribution in [1.82, 2.24) is 0 Å². The highest BCUT2D eigenvalue weighted by atomic mass is 31.2. The van der Waals surface area contributed by atoms with Crippen LogP contribution in [0.4, 0.5) is 0 Å². The maximum atomic E-state index is 16.8. The molecule has 0 unspecified atom stereocenters. The van der Waals surface area contributed by atoms with Gasteiger partial charge >= 0.3 is 7.82 Å². The Morgan fingerprint density at radius 3 is 0.523 bits per heavy atom. The van der Waals surface area contributed by atoms with Gasteiger partial charge in [-0.1, -0.05) is 313 Å². The number of unbranched alkanes of at least 4 members (excludes halogenated alkanes) is 30. The van der Waals surface area contributed by atoms with Crippen LogP contribution in [0.2, 0.25) is 0 Å². The van der Waals surface area contributed by atoms with Crippen molar-refractivity contribution >= 4 is 7.82 Å². The lowest BCUT2D eigenvalue weighted by molar-refractivity contribution is -0.0906. The van der Waals surface area contributed by atoms with E-state index in [1.807, 2.05) is 0 Å². The zero-order valence-corrected chi connectivity index (χ0v) is 47.4. The van der Waals surface area contributed by atoms with E-state index >= 15 is 4.57 Å². The summed E-state index contributed by atoms with van der Waals surface area (Å²) in [5.74, 6) is 0. The van der Waals surface area contributed by atoms with Gasteiger partial charge in [0.25, 0.3) is 0 Å². The van der Waals surface area contributed by atoms with Gasteiger partial charge in [-0.15, -0.1) is 0 Å². The van der Waals surface area contributed by atoms with Gasteiger partial charge in [0.2, 0.25) is 0 Å². The van der Waals surface area contributed by atoms with Crippen molar-refractivity contribution in [1.29, 1.82) is 0 Å². The first-order valence-corrected chi connectivity index (χ1v) is 31.8. The van der Waals surface area contributed by atoms with Crippen molar-refractivity contribution in [3.05, 3.63) is 0 Å². The van der Waals surface area contributed by atoms with Crippen LogP contribution in [0, 0.1) is 0 Å². The molecule has 65 heavy (non-hydrogen) atoms. The van der Waals surface area contributed by atoms with Crippen LogP contribution in [0.1, 0.15) is 371 Å². The maximum Gasteiger partial charge on any atom is 0.476 e. The molecule has 0 spiro atoms. The van der Waals surface area contributed by atoms with Crippen LogP contribution in [0.15, 0.2) is 0 Å². The Bertz CT molecular complexity index is 865. The summed E-state index contributed by atoms with van der Waals surface area (Å²) in [6.45, 7) is 20.8. The van der Waals surface area contributed by atoms with Crippen LogP contribution in [-0.4, -0.2) is 16.8 Å². The van der Waals surface area contributed by atoms with Crippen molar-refractivity contribution < 1.29 is 18.1 Å². The lowest BCUT2D eigenvalue weighted by atomic mass is 9.85. The fourth-order valence-electron chi connectivity index (χ4n) is 10.6. The molecule has 0 aromatic heterocycles. The van der Waals surface area contributed by atoms with Crippen molar-refractivity contribution in [2.75, 3.05) is 0 Å². The minimum atomic E-state index is -4.06. The molecule has 0 bridgehead atoms. The molecule has 0 radical (unpaired) electrons. The molecule has 0 rings (SSSR count). The van der Waals surface area contributed by atoms with Gasteiger partial charge < -0.3 is 0 Å². The predicted molar refractivity (Wildman–Crippen MR) is 292 cm³/mol. The summed E-state index contributed by atoms with van der Waals surface area (Å²) in [6.07, 6.45) is 57.1. The first-order valence-electron chi connectivity index (χ1n) is 30.4. The number of hydrogen-bond acceptors (Lipinski definition) is 4. The number of phosphoric acid groups is 1. The Balaban J connectivity index is 7.17. The monoisotopic (exact) mass is 939 g/mol. The SMILES string of the molecule is CCCCCCCCCCCC(CCCC)(CCCC)OP(=O)(OC(CCCC)(CCCC)CCCCCCCCCCC)OC(CCCC)(CCCC)CCCCCCCCCCC. The largest absolute Gasteiger partial charge is 0.476 e. The summed E-state index contributed by atoms with van der Waals surface area (Å²) < 4.78 is 39.6. The average molecular weight is 940 g/mol. The Morgan fingerprint density at radius 2 is 0.354 bits per heavy atom. The molecule has 0 saturated heterocycles. The van der Waals surface area contributed by atoms with E-state index in [0.717, 1.165) is 154 Å². The zero-order chi connectivity index (χ0) is 48.1. The summed E-state index contributed by atoms with van der Waals surface area (Å²) in [7, 11) is -4.06. The first-order chi connectivity index (χ1) is 31.7. The quantitative estimate of drug-likeness (QED) is 0.0450. The molecule has 0 aliphatic rings. The Labute approximate surface area is 411 Å². The molecule has 4 nitrogen and oxygen atoms in total. The van der Waals surface area contributed by atoms with E-state index in [2.05, 4.69) is 62.3 Å². The molecule has 392 valence electrons. The standard InChI is InChI=1S/C60H123O4P/c1-10-19-28-31-34-37-40-43-46-55-58(49-22-13-4,50-23-14-5)62-65(61,63-59(51-24-15-6,52-25-16-7)56-47-44-41-38-35-32-29-20-11-2)64-60(53-26-17-8,54-27-18-9)57-48-45-42-39-36-33-30-21-12-3/h10-57H2,1-9H3. The third-order valence-electron chi connectivity index (χ3n) is 15.0. The van der Waals surface area contributed by atoms with Gasteiger partial charge in [-0.2, -0.15) is 0 Å². The molecular weight excluding hydrogens is 816 g/mol.